The van der Waals surface area contributed by atoms with Crippen molar-refractivity contribution in [1.29, 1.82) is 0 Å². The predicted molar refractivity (Wildman–Crippen MR) is 198 cm³/mol. The molecule has 0 spiro atoms. The molecule has 1 aromatic heterocycles. The van der Waals surface area contributed by atoms with Crippen molar-refractivity contribution in [3.63, 3.8) is 0 Å². The van der Waals surface area contributed by atoms with Crippen molar-refractivity contribution in [2.75, 3.05) is 4.90 Å². The van der Waals surface area contributed by atoms with Crippen LogP contribution in [0, 0.1) is 0 Å². The minimum absolute atomic E-state index is 0.172. The topological polar surface area (TPSA) is 16.4 Å². The second-order valence-corrected chi connectivity index (χ2v) is 13.3. The number of fused-ring (bicyclic) bond motifs is 13. The molecule has 1 aliphatic carbocycles. The first kappa shape index (κ1) is 26.4. The number of rotatable bonds is 3. The van der Waals surface area contributed by atoms with Crippen LogP contribution in [-0.2, 0) is 5.41 Å². The second-order valence-electron chi connectivity index (χ2n) is 13.3. The average Bonchev–Trinajstić information content (AvgIpc) is 3.62. The van der Waals surface area contributed by atoms with Gasteiger partial charge in [-0.1, -0.05) is 129 Å². The summed E-state index contributed by atoms with van der Waals surface area (Å²) in [5.41, 5.74) is 10.4. The van der Waals surface area contributed by atoms with Crippen LogP contribution in [-0.4, -0.2) is 0 Å². The van der Waals surface area contributed by atoms with Crippen LogP contribution in [0.2, 0.25) is 0 Å². The van der Waals surface area contributed by atoms with Gasteiger partial charge >= 0.3 is 0 Å². The van der Waals surface area contributed by atoms with E-state index < -0.39 is 0 Å². The fourth-order valence-electron chi connectivity index (χ4n) is 8.44. The maximum atomic E-state index is 6.58. The van der Waals surface area contributed by atoms with Crippen molar-refractivity contribution in [3.05, 3.63) is 163 Å². The van der Waals surface area contributed by atoms with Crippen molar-refractivity contribution < 1.29 is 4.42 Å². The van der Waals surface area contributed by atoms with Crippen molar-refractivity contribution >= 4 is 71.3 Å². The second kappa shape index (κ2) is 9.57. The van der Waals surface area contributed by atoms with Gasteiger partial charge in [-0.2, -0.15) is 0 Å². The number of anilines is 3. The molecule has 47 heavy (non-hydrogen) atoms. The molecule has 2 nitrogen and oxygen atoms in total. The van der Waals surface area contributed by atoms with E-state index in [4.69, 9.17) is 4.42 Å². The van der Waals surface area contributed by atoms with Crippen LogP contribution in [0.4, 0.5) is 17.1 Å². The van der Waals surface area contributed by atoms with Crippen molar-refractivity contribution in [3.8, 4) is 11.1 Å². The Morgan fingerprint density at radius 1 is 0.468 bits per heavy atom. The zero-order chi connectivity index (χ0) is 31.3. The summed E-state index contributed by atoms with van der Waals surface area (Å²) in [6, 6.07) is 54.9. The van der Waals surface area contributed by atoms with Gasteiger partial charge in [-0.05, 0) is 91.0 Å². The van der Waals surface area contributed by atoms with Gasteiger partial charge in [-0.3, -0.25) is 0 Å². The Morgan fingerprint density at radius 3 is 2.02 bits per heavy atom. The van der Waals surface area contributed by atoms with E-state index in [9.17, 15) is 0 Å². The first-order valence-corrected chi connectivity index (χ1v) is 16.4. The molecular formula is C45H31NO. The molecule has 222 valence electrons. The maximum Gasteiger partial charge on any atom is 0.159 e. The predicted octanol–water partition coefficient (Wildman–Crippen LogP) is 12.8. The number of nitrogens with zero attached hydrogens (tertiary/aromatic N) is 1. The minimum atomic E-state index is -0.172. The molecular weight excluding hydrogens is 571 g/mol. The molecule has 0 bridgehead atoms. The first-order valence-electron chi connectivity index (χ1n) is 16.4. The highest BCUT2D eigenvalue weighted by atomic mass is 16.3. The lowest BCUT2D eigenvalue weighted by atomic mass is 9.78. The molecule has 0 amide bonds. The SMILES string of the molecule is CC1(C)c2c(ccc3ccccc23)-c2c1c1ccc(N(c3ccccc3)c3cccc4c3oc3ccccc34)cc1c1ccccc21. The highest BCUT2D eigenvalue weighted by Crippen LogP contribution is 2.57. The van der Waals surface area contributed by atoms with Gasteiger partial charge in [-0.15, -0.1) is 0 Å². The highest BCUT2D eigenvalue weighted by molar-refractivity contribution is 6.20. The Balaban J connectivity index is 1.28. The standard InChI is InChI=1S/C45H31NO/c1-45(2)42-31-16-7-6-13-28(31)23-25-37(42)41-34-19-9-8-17-32(34)38-27-30(24-26-35(38)43(41)45)46(29-14-4-3-5-15-29)39-21-12-20-36-33-18-10-11-22-40(33)47-44(36)39/h3-27H,1-2H3. The Labute approximate surface area is 273 Å². The van der Waals surface area contributed by atoms with Crippen LogP contribution >= 0.6 is 0 Å². The Morgan fingerprint density at radius 2 is 1.17 bits per heavy atom. The van der Waals surface area contributed by atoms with Gasteiger partial charge in [0.05, 0.1) is 5.69 Å². The van der Waals surface area contributed by atoms with Gasteiger partial charge in [0.25, 0.3) is 0 Å². The van der Waals surface area contributed by atoms with Crippen LogP contribution in [0.25, 0.3) is 65.4 Å². The molecule has 0 aliphatic heterocycles. The summed E-state index contributed by atoms with van der Waals surface area (Å²) in [4.78, 5) is 2.35. The minimum Gasteiger partial charge on any atom is -0.454 e. The van der Waals surface area contributed by atoms with Gasteiger partial charge in [0.2, 0.25) is 0 Å². The normalized spacial score (nSPS) is 13.5. The first-order chi connectivity index (χ1) is 23.1. The Kier molecular flexibility index (Phi) is 5.37. The van der Waals surface area contributed by atoms with Crippen molar-refractivity contribution in [2.45, 2.75) is 19.3 Å². The number of hydrogen-bond acceptors (Lipinski definition) is 2. The molecule has 0 N–H and O–H groups in total. The molecule has 2 heteroatoms. The molecule has 0 saturated carbocycles. The summed E-state index contributed by atoms with van der Waals surface area (Å²) in [5.74, 6) is 0. The number of para-hydroxylation sites is 3. The third kappa shape index (κ3) is 3.61. The quantitative estimate of drug-likeness (QED) is 0.187. The highest BCUT2D eigenvalue weighted by Gasteiger charge is 2.39. The molecule has 1 aliphatic rings. The molecule has 1 heterocycles. The van der Waals surface area contributed by atoms with E-state index in [0.29, 0.717) is 0 Å². The van der Waals surface area contributed by atoms with Gasteiger partial charge in [0.15, 0.2) is 5.58 Å². The maximum absolute atomic E-state index is 6.58. The summed E-state index contributed by atoms with van der Waals surface area (Å²) >= 11 is 0. The van der Waals surface area contributed by atoms with E-state index in [2.05, 4.69) is 164 Å². The fraction of sp³-hybridized carbons (Fsp3) is 0.0667. The summed E-state index contributed by atoms with van der Waals surface area (Å²) < 4.78 is 6.58. The summed E-state index contributed by atoms with van der Waals surface area (Å²) in [5, 5.41) is 10.0. The fourth-order valence-corrected chi connectivity index (χ4v) is 8.44. The summed E-state index contributed by atoms with van der Waals surface area (Å²) in [7, 11) is 0. The molecule has 0 unspecified atom stereocenters. The van der Waals surface area contributed by atoms with Crippen LogP contribution in [0.15, 0.2) is 156 Å². The molecule has 10 rings (SSSR count). The van der Waals surface area contributed by atoms with Crippen LogP contribution in [0.1, 0.15) is 25.0 Å². The lowest BCUT2D eigenvalue weighted by molar-refractivity contribution is 0.669. The van der Waals surface area contributed by atoms with Crippen molar-refractivity contribution in [1.82, 2.24) is 0 Å². The molecule has 0 radical (unpaired) electrons. The lowest BCUT2D eigenvalue weighted by Gasteiger charge is -2.28. The van der Waals surface area contributed by atoms with Gasteiger partial charge in [0.1, 0.15) is 5.58 Å². The zero-order valence-electron chi connectivity index (χ0n) is 26.3. The summed E-state index contributed by atoms with van der Waals surface area (Å²) in [6.45, 7) is 4.82. The Bertz CT molecular complexity index is 2720. The zero-order valence-corrected chi connectivity index (χ0v) is 26.3. The van der Waals surface area contributed by atoms with E-state index in [1.807, 2.05) is 6.07 Å². The largest absolute Gasteiger partial charge is 0.454 e. The van der Waals surface area contributed by atoms with Gasteiger partial charge in [0, 0.05) is 27.6 Å². The molecule has 0 saturated heterocycles. The van der Waals surface area contributed by atoms with E-state index in [1.54, 1.807) is 0 Å². The molecule has 9 aromatic rings. The molecule has 8 aromatic carbocycles. The van der Waals surface area contributed by atoms with E-state index >= 15 is 0 Å². The average molecular weight is 602 g/mol. The third-order valence-corrected chi connectivity index (χ3v) is 10.4. The summed E-state index contributed by atoms with van der Waals surface area (Å²) in [6.07, 6.45) is 0. The van der Waals surface area contributed by atoms with Crippen LogP contribution in [0.5, 0.6) is 0 Å². The van der Waals surface area contributed by atoms with E-state index in [1.165, 1.54) is 54.6 Å². The lowest BCUT2D eigenvalue weighted by Crippen LogP contribution is -2.16. The van der Waals surface area contributed by atoms with Crippen LogP contribution < -0.4 is 4.90 Å². The van der Waals surface area contributed by atoms with Crippen LogP contribution in [0.3, 0.4) is 0 Å². The van der Waals surface area contributed by atoms with Gasteiger partial charge < -0.3 is 9.32 Å². The molecule has 0 atom stereocenters. The van der Waals surface area contributed by atoms with E-state index in [0.717, 1.165) is 39.0 Å². The number of benzene rings is 8. The van der Waals surface area contributed by atoms with E-state index in [-0.39, 0.29) is 5.41 Å². The third-order valence-electron chi connectivity index (χ3n) is 10.4. The monoisotopic (exact) mass is 601 g/mol. The molecule has 0 fully saturated rings. The number of furan rings is 1. The van der Waals surface area contributed by atoms with Crippen molar-refractivity contribution in [2.24, 2.45) is 0 Å². The smallest absolute Gasteiger partial charge is 0.159 e. The number of hydrogen-bond donors (Lipinski definition) is 0. The van der Waals surface area contributed by atoms with Gasteiger partial charge in [-0.25, -0.2) is 0 Å². The Hall–Kier alpha value is -5.86.